The number of para-hydroxylation sites is 2. The summed E-state index contributed by atoms with van der Waals surface area (Å²) in [7, 11) is 4.16. The van der Waals surface area contributed by atoms with Gasteiger partial charge in [-0.2, -0.15) is 11.8 Å². The third kappa shape index (κ3) is 1.98. The Bertz CT molecular complexity index is 308. The SMILES string of the molecule is CN(C)c1ccccc1NC1CSC1. The summed E-state index contributed by atoms with van der Waals surface area (Å²) in [6, 6.07) is 9.13. The summed E-state index contributed by atoms with van der Waals surface area (Å²) < 4.78 is 0. The van der Waals surface area contributed by atoms with Crippen LogP contribution in [0.1, 0.15) is 0 Å². The van der Waals surface area contributed by atoms with Crippen LogP contribution in [0.15, 0.2) is 24.3 Å². The maximum atomic E-state index is 3.57. The van der Waals surface area contributed by atoms with Gasteiger partial charge in [-0.05, 0) is 12.1 Å². The summed E-state index contributed by atoms with van der Waals surface area (Å²) in [4.78, 5) is 2.15. The van der Waals surface area contributed by atoms with E-state index in [2.05, 4.69) is 48.6 Å². The Morgan fingerprint density at radius 3 is 2.57 bits per heavy atom. The fourth-order valence-electron chi connectivity index (χ4n) is 1.52. The van der Waals surface area contributed by atoms with E-state index in [0.29, 0.717) is 6.04 Å². The molecule has 1 heterocycles. The Hall–Kier alpha value is -0.830. The molecule has 14 heavy (non-hydrogen) atoms. The average Bonchev–Trinajstić information content (AvgIpc) is 2.12. The number of hydrogen-bond acceptors (Lipinski definition) is 3. The molecule has 1 fully saturated rings. The number of nitrogens with one attached hydrogen (secondary N) is 1. The molecule has 3 heteroatoms. The molecule has 1 N–H and O–H groups in total. The van der Waals surface area contributed by atoms with Gasteiger partial charge < -0.3 is 10.2 Å². The quantitative estimate of drug-likeness (QED) is 0.820. The molecule has 0 amide bonds. The van der Waals surface area contributed by atoms with E-state index in [1.165, 1.54) is 22.9 Å². The van der Waals surface area contributed by atoms with Gasteiger partial charge in [0, 0.05) is 31.6 Å². The molecule has 1 aromatic rings. The van der Waals surface area contributed by atoms with Crippen molar-refractivity contribution in [3.05, 3.63) is 24.3 Å². The van der Waals surface area contributed by atoms with Gasteiger partial charge in [0.15, 0.2) is 0 Å². The standard InChI is InChI=1S/C11H16N2S/c1-13(2)11-6-4-3-5-10(11)12-9-7-14-8-9/h3-6,9,12H,7-8H2,1-2H3. The first kappa shape index (κ1) is 9.71. The van der Waals surface area contributed by atoms with Crippen molar-refractivity contribution in [1.29, 1.82) is 0 Å². The molecule has 1 saturated heterocycles. The third-order valence-corrected chi connectivity index (χ3v) is 3.66. The lowest BCUT2D eigenvalue weighted by atomic mass is 10.2. The van der Waals surface area contributed by atoms with Gasteiger partial charge in [0.2, 0.25) is 0 Å². The van der Waals surface area contributed by atoms with Gasteiger partial charge in [0.1, 0.15) is 0 Å². The minimum Gasteiger partial charge on any atom is -0.379 e. The first-order chi connectivity index (χ1) is 6.77. The van der Waals surface area contributed by atoms with E-state index in [4.69, 9.17) is 0 Å². The van der Waals surface area contributed by atoms with Crippen molar-refractivity contribution in [2.45, 2.75) is 6.04 Å². The Morgan fingerprint density at radius 2 is 2.00 bits per heavy atom. The second-order valence-corrected chi connectivity index (χ2v) is 4.87. The summed E-state index contributed by atoms with van der Waals surface area (Å²) in [5, 5.41) is 3.57. The topological polar surface area (TPSA) is 15.3 Å². The fourth-order valence-corrected chi connectivity index (χ4v) is 2.16. The van der Waals surface area contributed by atoms with Crippen LogP contribution in [0, 0.1) is 0 Å². The van der Waals surface area contributed by atoms with Crippen LogP contribution in [0.5, 0.6) is 0 Å². The molecule has 2 nitrogen and oxygen atoms in total. The lowest BCUT2D eigenvalue weighted by molar-refractivity contribution is 0.881. The van der Waals surface area contributed by atoms with Crippen molar-refractivity contribution in [3.8, 4) is 0 Å². The lowest BCUT2D eigenvalue weighted by Gasteiger charge is -2.29. The van der Waals surface area contributed by atoms with Crippen LogP contribution in [-0.4, -0.2) is 31.6 Å². The molecule has 0 bridgehead atoms. The Balaban J connectivity index is 2.13. The number of benzene rings is 1. The molecule has 2 rings (SSSR count). The van der Waals surface area contributed by atoms with Crippen LogP contribution in [0.25, 0.3) is 0 Å². The highest BCUT2D eigenvalue weighted by Gasteiger charge is 2.18. The molecule has 0 atom stereocenters. The van der Waals surface area contributed by atoms with Crippen LogP contribution in [-0.2, 0) is 0 Å². The highest BCUT2D eigenvalue weighted by Crippen LogP contribution is 2.28. The Morgan fingerprint density at radius 1 is 1.29 bits per heavy atom. The van der Waals surface area contributed by atoms with Crippen molar-refractivity contribution in [2.75, 3.05) is 35.8 Å². The van der Waals surface area contributed by atoms with Gasteiger partial charge in [-0.15, -0.1) is 0 Å². The Kier molecular flexibility index (Phi) is 2.87. The number of hydrogen-bond donors (Lipinski definition) is 1. The number of nitrogens with zero attached hydrogens (tertiary/aromatic N) is 1. The number of anilines is 2. The number of thioether (sulfide) groups is 1. The van der Waals surface area contributed by atoms with Crippen LogP contribution in [0.2, 0.25) is 0 Å². The van der Waals surface area contributed by atoms with Gasteiger partial charge in [0.25, 0.3) is 0 Å². The number of rotatable bonds is 3. The minimum atomic E-state index is 0.668. The van der Waals surface area contributed by atoms with Gasteiger partial charge in [-0.1, -0.05) is 12.1 Å². The summed E-state index contributed by atoms with van der Waals surface area (Å²) in [6.45, 7) is 0. The normalized spacial score (nSPS) is 16.1. The molecule has 0 spiro atoms. The van der Waals surface area contributed by atoms with Crippen molar-refractivity contribution >= 4 is 23.1 Å². The smallest absolute Gasteiger partial charge is 0.0596 e. The van der Waals surface area contributed by atoms with Crippen LogP contribution < -0.4 is 10.2 Å². The zero-order valence-corrected chi connectivity index (χ0v) is 9.47. The van der Waals surface area contributed by atoms with E-state index < -0.39 is 0 Å². The van der Waals surface area contributed by atoms with Gasteiger partial charge in [-0.3, -0.25) is 0 Å². The van der Waals surface area contributed by atoms with Crippen LogP contribution in [0.4, 0.5) is 11.4 Å². The highest BCUT2D eigenvalue weighted by molar-refractivity contribution is 8.00. The second-order valence-electron chi connectivity index (χ2n) is 3.79. The summed E-state index contributed by atoms with van der Waals surface area (Å²) in [5.74, 6) is 2.48. The molecule has 0 unspecified atom stereocenters. The first-order valence-electron chi connectivity index (χ1n) is 4.88. The molecule has 76 valence electrons. The van der Waals surface area contributed by atoms with Crippen molar-refractivity contribution in [2.24, 2.45) is 0 Å². The van der Waals surface area contributed by atoms with Gasteiger partial charge in [-0.25, -0.2) is 0 Å². The predicted octanol–water partition coefficient (Wildman–Crippen LogP) is 2.28. The van der Waals surface area contributed by atoms with Gasteiger partial charge >= 0.3 is 0 Å². The zero-order valence-electron chi connectivity index (χ0n) is 8.66. The molecule has 1 aliphatic heterocycles. The first-order valence-corrected chi connectivity index (χ1v) is 6.03. The molecule has 1 aromatic carbocycles. The van der Waals surface area contributed by atoms with Crippen molar-refractivity contribution < 1.29 is 0 Å². The molecule has 0 aliphatic carbocycles. The van der Waals surface area contributed by atoms with Gasteiger partial charge in [0.05, 0.1) is 11.4 Å². The van der Waals surface area contributed by atoms with E-state index in [1.54, 1.807) is 0 Å². The maximum Gasteiger partial charge on any atom is 0.0596 e. The summed E-state index contributed by atoms with van der Waals surface area (Å²) >= 11 is 2.00. The highest BCUT2D eigenvalue weighted by atomic mass is 32.2. The lowest BCUT2D eigenvalue weighted by Crippen LogP contribution is -2.33. The van der Waals surface area contributed by atoms with E-state index in [9.17, 15) is 0 Å². The summed E-state index contributed by atoms with van der Waals surface area (Å²) in [6.07, 6.45) is 0. The summed E-state index contributed by atoms with van der Waals surface area (Å²) in [5.41, 5.74) is 2.52. The third-order valence-electron chi connectivity index (χ3n) is 2.38. The predicted molar refractivity (Wildman–Crippen MR) is 65.5 cm³/mol. The van der Waals surface area contributed by atoms with E-state index in [1.807, 2.05) is 11.8 Å². The average molecular weight is 208 g/mol. The largest absolute Gasteiger partial charge is 0.379 e. The zero-order chi connectivity index (χ0) is 9.97. The Labute approximate surface area is 89.7 Å². The minimum absolute atomic E-state index is 0.668. The molecule has 0 aromatic heterocycles. The van der Waals surface area contributed by atoms with E-state index in [-0.39, 0.29) is 0 Å². The molecular weight excluding hydrogens is 192 g/mol. The maximum absolute atomic E-state index is 3.57. The molecule has 1 aliphatic rings. The fraction of sp³-hybridized carbons (Fsp3) is 0.455. The van der Waals surface area contributed by atoms with Crippen LogP contribution in [0.3, 0.4) is 0 Å². The monoisotopic (exact) mass is 208 g/mol. The van der Waals surface area contributed by atoms with Crippen molar-refractivity contribution in [1.82, 2.24) is 0 Å². The van der Waals surface area contributed by atoms with Crippen molar-refractivity contribution in [3.63, 3.8) is 0 Å². The van der Waals surface area contributed by atoms with E-state index >= 15 is 0 Å². The molecule has 0 saturated carbocycles. The van der Waals surface area contributed by atoms with Crippen LogP contribution >= 0.6 is 11.8 Å². The molecular formula is C11H16N2S. The second kappa shape index (κ2) is 4.13. The van der Waals surface area contributed by atoms with E-state index in [0.717, 1.165) is 0 Å². The molecule has 0 radical (unpaired) electrons.